The second-order valence-corrected chi connectivity index (χ2v) is 6.31. The molecule has 1 aromatic carbocycles. The highest BCUT2D eigenvalue weighted by Gasteiger charge is 2.30. The Kier molecular flexibility index (Phi) is 4.21. The lowest BCUT2D eigenvalue weighted by Gasteiger charge is -2.31. The fourth-order valence-electron chi connectivity index (χ4n) is 2.69. The summed E-state index contributed by atoms with van der Waals surface area (Å²) >= 11 is 3.28. The monoisotopic (exact) mass is 312 g/mol. The number of Topliss-reactive ketones (excluding diaryl/α,β-unsaturated/α-hetero) is 1. The molecule has 0 amide bonds. The van der Waals surface area contributed by atoms with Gasteiger partial charge in [-0.3, -0.25) is 4.79 Å². The summed E-state index contributed by atoms with van der Waals surface area (Å²) in [5, 5.41) is 0. The molecule has 98 valence electrons. The van der Waals surface area contributed by atoms with Crippen LogP contribution in [0.4, 0.5) is 4.39 Å². The summed E-state index contributed by atoms with van der Waals surface area (Å²) in [4.78, 5) is 12.4. The largest absolute Gasteiger partial charge is 0.294 e. The molecule has 1 aliphatic carbocycles. The molecule has 18 heavy (non-hydrogen) atoms. The zero-order chi connectivity index (χ0) is 13.3. The molecule has 1 saturated carbocycles. The van der Waals surface area contributed by atoms with Crippen LogP contribution in [0.15, 0.2) is 22.7 Å². The minimum absolute atomic E-state index is 0.0953. The summed E-state index contributed by atoms with van der Waals surface area (Å²) in [5.41, 5.74) is 0.614. The van der Waals surface area contributed by atoms with E-state index < -0.39 is 0 Å². The van der Waals surface area contributed by atoms with Crippen molar-refractivity contribution in [2.75, 3.05) is 0 Å². The summed E-state index contributed by atoms with van der Waals surface area (Å²) in [6, 6.07) is 4.30. The van der Waals surface area contributed by atoms with E-state index in [2.05, 4.69) is 29.8 Å². The molecule has 0 spiro atoms. The average Bonchev–Trinajstić information content (AvgIpc) is 2.32. The Labute approximate surface area is 116 Å². The van der Waals surface area contributed by atoms with Crippen molar-refractivity contribution < 1.29 is 9.18 Å². The molecule has 0 aliphatic heterocycles. The van der Waals surface area contributed by atoms with Gasteiger partial charge in [-0.25, -0.2) is 4.39 Å². The Balaban J connectivity index is 2.16. The minimum Gasteiger partial charge on any atom is -0.294 e. The second kappa shape index (κ2) is 5.52. The van der Waals surface area contributed by atoms with Gasteiger partial charge in [-0.1, -0.05) is 13.8 Å². The van der Waals surface area contributed by atoms with Crippen LogP contribution in [-0.4, -0.2) is 5.78 Å². The zero-order valence-electron chi connectivity index (χ0n) is 10.7. The fraction of sp³-hybridized carbons (Fsp3) is 0.533. The highest BCUT2D eigenvalue weighted by molar-refractivity contribution is 9.10. The second-order valence-electron chi connectivity index (χ2n) is 5.45. The molecule has 3 atom stereocenters. The molecule has 0 aromatic heterocycles. The van der Waals surface area contributed by atoms with Crippen LogP contribution in [0.3, 0.4) is 0 Å². The van der Waals surface area contributed by atoms with E-state index in [1.165, 1.54) is 12.1 Å². The highest BCUT2D eigenvalue weighted by Crippen LogP contribution is 2.36. The van der Waals surface area contributed by atoms with Crippen LogP contribution < -0.4 is 0 Å². The number of benzene rings is 1. The normalized spacial score (nSPS) is 28.1. The minimum atomic E-state index is -0.316. The molecule has 0 saturated heterocycles. The summed E-state index contributed by atoms with van der Waals surface area (Å²) in [6.45, 7) is 4.46. The van der Waals surface area contributed by atoms with Gasteiger partial charge in [0.1, 0.15) is 5.82 Å². The van der Waals surface area contributed by atoms with Gasteiger partial charge in [-0.05, 0) is 65.2 Å². The molecule has 2 rings (SSSR count). The molecule has 1 fully saturated rings. The Bertz CT molecular complexity index is 458. The van der Waals surface area contributed by atoms with Crippen LogP contribution in [-0.2, 0) is 0 Å². The van der Waals surface area contributed by atoms with Crippen molar-refractivity contribution in [3.63, 3.8) is 0 Å². The van der Waals surface area contributed by atoms with Crippen LogP contribution in [0.25, 0.3) is 0 Å². The van der Waals surface area contributed by atoms with Gasteiger partial charge in [0.25, 0.3) is 0 Å². The van der Waals surface area contributed by atoms with E-state index in [0.717, 1.165) is 19.3 Å². The van der Waals surface area contributed by atoms with Crippen molar-refractivity contribution in [1.29, 1.82) is 0 Å². The topological polar surface area (TPSA) is 17.1 Å². The van der Waals surface area contributed by atoms with Crippen molar-refractivity contribution in [2.24, 2.45) is 17.8 Å². The lowest BCUT2D eigenvalue weighted by Crippen LogP contribution is -2.26. The van der Waals surface area contributed by atoms with Gasteiger partial charge >= 0.3 is 0 Å². The van der Waals surface area contributed by atoms with Gasteiger partial charge in [0.2, 0.25) is 0 Å². The van der Waals surface area contributed by atoms with Crippen LogP contribution in [0.5, 0.6) is 0 Å². The summed E-state index contributed by atoms with van der Waals surface area (Å²) in [5.74, 6) is 1.22. The van der Waals surface area contributed by atoms with E-state index in [1.807, 2.05) is 0 Å². The van der Waals surface area contributed by atoms with E-state index in [4.69, 9.17) is 0 Å². The van der Waals surface area contributed by atoms with Crippen molar-refractivity contribution in [1.82, 2.24) is 0 Å². The van der Waals surface area contributed by atoms with E-state index in [1.54, 1.807) is 6.07 Å². The van der Waals surface area contributed by atoms with E-state index in [9.17, 15) is 9.18 Å². The summed E-state index contributed by atoms with van der Waals surface area (Å²) in [6.07, 6.45) is 3.01. The molecular formula is C15H18BrFO. The molecule has 3 unspecified atom stereocenters. The molecular weight excluding hydrogens is 295 g/mol. The number of hydrogen-bond donors (Lipinski definition) is 0. The van der Waals surface area contributed by atoms with Crippen LogP contribution in [0, 0.1) is 23.6 Å². The lowest BCUT2D eigenvalue weighted by atomic mass is 9.73. The number of rotatable bonds is 2. The van der Waals surface area contributed by atoms with Crippen molar-refractivity contribution in [2.45, 2.75) is 33.1 Å². The highest BCUT2D eigenvalue weighted by atomic mass is 79.9. The Hall–Kier alpha value is -0.700. The first kappa shape index (κ1) is 13.7. The predicted octanol–water partition coefficient (Wildman–Crippen LogP) is 4.84. The van der Waals surface area contributed by atoms with Gasteiger partial charge in [-0.15, -0.1) is 0 Å². The Morgan fingerprint density at radius 1 is 1.28 bits per heavy atom. The summed E-state index contributed by atoms with van der Waals surface area (Å²) in [7, 11) is 0. The zero-order valence-corrected chi connectivity index (χ0v) is 12.3. The number of carbonyl (C=O) groups excluding carboxylic acids is 1. The SMILES string of the molecule is CC1CCC(C(=O)c2ccc(F)cc2Br)CC1C. The number of carbonyl (C=O) groups is 1. The van der Waals surface area contributed by atoms with E-state index in [0.29, 0.717) is 21.9 Å². The third-order valence-electron chi connectivity index (χ3n) is 4.17. The first-order valence-electron chi connectivity index (χ1n) is 6.48. The molecule has 0 heterocycles. The number of ketones is 1. The van der Waals surface area contributed by atoms with E-state index >= 15 is 0 Å². The lowest BCUT2D eigenvalue weighted by molar-refractivity contribution is 0.0836. The van der Waals surface area contributed by atoms with Gasteiger partial charge in [0, 0.05) is 16.0 Å². The molecule has 0 bridgehead atoms. The van der Waals surface area contributed by atoms with Crippen molar-refractivity contribution in [3.8, 4) is 0 Å². The molecule has 3 heteroatoms. The number of halogens is 2. The van der Waals surface area contributed by atoms with E-state index in [-0.39, 0.29) is 17.5 Å². The van der Waals surface area contributed by atoms with Crippen LogP contribution in [0.1, 0.15) is 43.5 Å². The Morgan fingerprint density at radius 3 is 2.61 bits per heavy atom. The first-order chi connectivity index (χ1) is 8.49. The molecule has 1 aromatic rings. The van der Waals surface area contributed by atoms with Crippen molar-refractivity contribution >= 4 is 21.7 Å². The van der Waals surface area contributed by atoms with Crippen LogP contribution >= 0.6 is 15.9 Å². The van der Waals surface area contributed by atoms with Gasteiger partial charge in [0.15, 0.2) is 5.78 Å². The summed E-state index contributed by atoms with van der Waals surface area (Å²) < 4.78 is 13.6. The van der Waals surface area contributed by atoms with Crippen molar-refractivity contribution in [3.05, 3.63) is 34.1 Å². The predicted molar refractivity (Wildman–Crippen MR) is 74.1 cm³/mol. The Morgan fingerprint density at radius 2 is 2.00 bits per heavy atom. The molecule has 0 N–H and O–H groups in total. The van der Waals surface area contributed by atoms with Gasteiger partial charge < -0.3 is 0 Å². The maximum atomic E-state index is 13.0. The third-order valence-corrected chi connectivity index (χ3v) is 4.82. The molecule has 0 radical (unpaired) electrons. The third kappa shape index (κ3) is 2.82. The molecule has 1 aliphatic rings. The fourth-order valence-corrected chi connectivity index (χ4v) is 3.24. The smallest absolute Gasteiger partial charge is 0.167 e. The maximum absolute atomic E-state index is 13.0. The average molecular weight is 313 g/mol. The van der Waals surface area contributed by atoms with Gasteiger partial charge in [0.05, 0.1) is 0 Å². The van der Waals surface area contributed by atoms with Gasteiger partial charge in [-0.2, -0.15) is 0 Å². The first-order valence-corrected chi connectivity index (χ1v) is 7.27. The standard InChI is InChI=1S/C15H18BrFO/c1-9-3-4-11(7-10(9)2)15(18)13-6-5-12(17)8-14(13)16/h5-6,8-11H,3-4,7H2,1-2H3. The molecule has 1 nitrogen and oxygen atoms in total. The quantitative estimate of drug-likeness (QED) is 0.714. The maximum Gasteiger partial charge on any atom is 0.167 e. The number of hydrogen-bond acceptors (Lipinski definition) is 1. The van der Waals surface area contributed by atoms with Crippen LogP contribution in [0.2, 0.25) is 0 Å².